The number of hydrogen-bond donors (Lipinski definition) is 2. The van der Waals surface area contributed by atoms with E-state index in [0.29, 0.717) is 38.5 Å². The molecular weight excluding hydrogens is 712 g/mol. The van der Waals surface area contributed by atoms with Crippen LogP contribution in [0.1, 0.15) is 97.3 Å². The summed E-state index contributed by atoms with van der Waals surface area (Å²) in [6.45, 7) is 13.1. The van der Waals surface area contributed by atoms with E-state index in [1.54, 1.807) is 0 Å². The molecule has 11 heterocycles. The second kappa shape index (κ2) is 14.7. The van der Waals surface area contributed by atoms with Crippen molar-refractivity contribution in [2.24, 2.45) is 11.8 Å². The van der Waals surface area contributed by atoms with Gasteiger partial charge in [-0.1, -0.05) is 27.0 Å². The van der Waals surface area contributed by atoms with Crippen LogP contribution < -0.4 is 0 Å². The van der Waals surface area contributed by atoms with Gasteiger partial charge in [0.25, 0.3) is 0 Å². The van der Waals surface area contributed by atoms with E-state index in [1.165, 1.54) is 0 Å². The molecule has 11 aliphatic rings. The number of carbonyl (C=O) groups is 1. The third-order valence-corrected chi connectivity index (χ3v) is 14.8. The predicted molar refractivity (Wildman–Crippen MR) is 193 cm³/mol. The number of aliphatic hydroxyl groups excluding tert-OH is 2. The molecule has 11 rings (SSSR count). The van der Waals surface area contributed by atoms with Crippen LogP contribution in [0.5, 0.6) is 0 Å². The molecule has 11 aliphatic heterocycles. The summed E-state index contributed by atoms with van der Waals surface area (Å²) in [7, 11) is 0. The van der Waals surface area contributed by atoms with Crippen molar-refractivity contribution in [2.75, 3.05) is 6.61 Å². The standard InChI is InChI=1S/C42H60O13/c1-19-13-23-5-7-27-20(2)14-25(46-27)9-11-42-18-33-38(54-42)39-40(52-33)41(55-42)37-29(51-39)8-6-24(48-37)15-34(45)53-36-22(4)35-31(16-26(44)28(50-35)10-12-43)49-32(36)17-30(47-23)21(19)3/h19,22-33,35-41,43-44H,2-3,5-18H2,1,4H3/t19?,22-,23?,24?,25?,26?,27-,28?,29?,30?,31-,32?,33?,35-,36?,37-,38?,39-,40?,41?,42-/m0/s1. The molecule has 0 amide bonds. The van der Waals surface area contributed by atoms with E-state index >= 15 is 0 Å². The minimum Gasteiger partial charge on any atom is -0.459 e. The molecule has 2 N–H and O–H groups in total. The van der Waals surface area contributed by atoms with Crippen molar-refractivity contribution in [3.8, 4) is 0 Å². The fraction of sp³-hybridized carbons (Fsp3) is 0.881. The maximum Gasteiger partial charge on any atom is 0.308 e. The summed E-state index contributed by atoms with van der Waals surface area (Å²) in [6, 6.07) is 0. The lowest BCUT2D eigenvalue weighted by molar-refractivity contribution is -0.293. The lowest BCUT2D eigenvalue weighted by Gasteiger charge is -2.51. The Hall–Kier alpha value is -1.49. The van der Waals surface area contributed by atoms with Crippen LogP contribution in [0.25, 0.3) is 0 Å². The first-order valence-corrected chi connectivity index (χ1v) is 21.3. The second-order valence-electron chi connectivity index (χ2n) is 18.5. The second-order valence-corrected chi connectivity index (χ2v) is 18.5. The Labute approximate surface area is 323 Å². The van der Waals surface area contributed by atoms with Gasteiger partial charge in [0.2, 0.25) is 0 Å². The molecule has 21 atom stereocenters. The molecule has 55 heavy (non-hydrogen) atoms. The first kappa shape index (κ1) is 37.8. The van der Waals surface area contributed by atoms with Crippen molar-refractivity contribution in [2.45, 2.75) is 213 Å². The number of rotatable bonds is 2. The average molecular weight is 773 g/mol. The maximum absolute atomic E-state index is 14.0. The van der Waals surface area contributed by atoms with E-state index in [4.69, 9.17) is 47.4 Å². The first-order chi connectivity index (χ1) is 26.5. The molecule has 12 bridgehead atoms. The summed E-state index contributed by atoms with van der Waals surface area (Å²) in [6.07, 6.45) is 2.38. The van der Waals surface area contributed by atoms with Crippen LogP contribution in [-0.2, 0) is 52.2 Å². The fourth-order valence-corrected chi connectivity index (χ4v) is 11.9. The van der Waals surface area contributed by atoms with Crippen LogP contribution in [0.2, 0.25) is 0 Å². The van der Waals surface area contributed by atoms with Gasteiger partial charge in [-0.2, -0.15) is 0 Å². The third kappa shape index (κ3) is 6.79. The molecule has 1 spiro atoms. The van der Waals surface area contributed by atoms with Gasteiger partial charge in [0.1, 0.15) is 36.6 Å². The monoisotopic (exact) mass is 772 g/mol. The normalized spacial score (nSPS) is 54.9. The van der Waals surface area contributed by atoms with Crippen LogP contribution in [0.15, 0.2) is 24.3 Å². The quantitative estimate of drug-likeness (QED) is 0.312. The zero-order chi connectivity index (χ0) is 37.7. The molecule has 0 aromatic carbocycles. The molecule has 0 saturated carbocycles. The third-order valence-electron chi connectivity index (χ3n) is 14.8. The Kier molecular flexibility index (Phi) is 10.1. The van der Waals surface area contributed by atoms with Crippen LogP contribution >= 0.6 is 0 Å². The summed E-state index contributed by atoms with van der Waals surface area (Å²) >= 11 is 0. The smallest absolute Gasteiger partial charge is 0.308 e. The van der Waals surface area contributed by atoms with Crippen molar-refractivity contribution in [3.05, 3.63) is 24.3 Å². The van der Waals surface area contributed by atoms with Gasteiger partial charge in [-0.05, 0) is 68.4 Å². The van der Waals surface area contributed by atoms with Crippen molar-refractivity contribution in [3.63, 3.8) is 0 Å². The van der Waals surface area contributed by atoms with Gasteiger partial charge >= 0.3 is 5.97 Å². The van der Waals surface area contributed by atoms with E-state index < -0.39 is 48.5 Å². The topological polar surface area (TPSA) is 150 Å². The van der Waals surface area contributed by atoms with Gasteiger partial charge < -0.3 is 57.6 Å². The number of fused-ring (bicyclic) bond motifs is 7. The zero-order valence-electron chi connectivity index (χ0n) is 32.2. The van der Waals surface area contributed by atoms with Crippen molar-refractivity contribution >= 4 is 5.97 Å². The number of carbonyl (C=O) groups excluding carboxylic acids is 1. The maximum atomic E-state index is 14.0. The van der Waals surface area contributed by atoms with Crippen molar-refractivity contribution < 1.29 is 62.4 Å². The Morgan fingerprint density at radius 2 is 1.42 bits per heavy atom. The summed E-state index contributed by atoms with van der Waals surface area (Å²) in [5.41, 5.74) is 2.14. The number of ether oxygens (including phenoxy) is 10. The molecule has 306 valence electrons. The highest BCUT2D eigenvalue weighted by Gasteiger charge is 2.69. The molecule has 13 heteroatoms. The van der Waals surface area contributed by atoms with E-state index in [2.05, 4.69) is 20.1 Å². The minimum atomic E-state index is -0.808. The minimum absolute atomic E-state index is 0.00281. The molecule has 0 radical (unpaired) electrons. The highest BCUT2D eigenvalue weighted by Crippen LogP contribution is 2.54. The Morgan fingerprint density at radius 1 is 0.673 bits per heavy atom. The Balaban J connectivity index is 0.934. The summed E-state index contributed by atoms with van der Waals surface area (Å²) in [5.74, 6) is -1.18. The van der Waals surface area contributed by atoms with Crippen LogP contribution in [0.3, 0.4) is 0 Å². The number of aliphatic hydroxyl groups is 2. The molecule has 11 fully saturated rings. The molecule has 14 unspecified atom stereocenters. The fourth-order valence-electron chi connectivity index (χ4n) is 11.9. The van der Waals surface area contributed by atoms with Gasteiger partial charge in [-0.3, -0.25) is 4.79 Å². The Bertz CT molecular complexity index is 1490. The highest BCUT2D eigenvalue weighted by molar-refractivity contribution is 5.70. The lowest BCUT2D eigenvalue weighted by atomic mass is 9.79. The van der Waals surface area contributed by atoms with Gasteiger partial charge in [-0.25, -0.2) is 0 Å². The van der Waals surface area contributed by atoms with E-state index in [9.17, 15) is 15.0 Å². The van der Waals surface area contributed by atoms with Gasteiger partial charge in [0, 0.05) is 38.2 Å². The molecule has 13 nitrogen and oxygen atoms in total. The number of hydrogen-bond acceptors (Lipinski definition) is 13. The lowest BCUT2D eigenvalue weighted by Crippen LogP contribution is -2.62. The zero-order valence-corrected chi connectivity index (χ0v) is 32.2. The molecule has 0 aromatic rings. The van der Waals surface area contributed by atoms with Gasteiger partial charge in [0.05, 0.1) is 79.7 Å². The summed E-state index contributed by atoms with van der Waals surface area (Å²) in [4.78, 5) is 14.0. The average Bonchev–Trinajstić information content (AvgIpc) is 3.74. The van der Waals surface area contributed by atoms with Crippen molar-refractivity contribution in [1.29, 1.82) is 0 Å². The summed E-state index contributed by atoms with van der Waals surface area (Å²) in [5, 5.41) is 20.6. The highest BCUT2D eigenvalue weighted by atomic mass is 16.8. The predicted octanol–water partition coefficient (Wildman–Crippen LogP) is 3.59. The van der Waals surface area contributed by atoms with Crippen LogP contribution in [-0.4, -0.2) is 138 Å². The van der Waals surface area contributed by atoms with Crippen LogP contribution in [0.4, 0.5) is 0 Å². The Morgan fingerprint density at radius 3 is 2.27 bits per heavy atom. The van der Waals surface area contributed by atoms with Crippen LogP contribution in [0, 0.1) is 11.8 Å². The SMILES string of the molecule is C=C1C(C)CC2CC[C@@H]3OC(CC[C@@]45CC6OC7C(O4)[C@H]4OC(CCC4O[C@H]7C6O5)CC(=O)OC4C(CC1O2)O[C@H]1CC(O)C(CCO)O[C@H]1[C@@H]4C)CC3=C. The van der Waals surface area contributed by atoms with Gasteiger partial charge in [-0.15, -0.1) is 0 Å². The number of esters is 1. The summed E-state index contributed by atoms with van der Waals surface area (Å²) < 4.78 is 66.9. The first-order valence-electron chi connectivity index (χ1n) is 21.3. The molecular formula is C42H60O13. The van der Waals surface area contributed by atoms with Crippen molar-refractivity contribution in [1.82, 2.24) is 0 Å². The molecule has 11 saturated heterocycles. The van der Waals surface area contributed by atoms with E-state index in [0.717, 1.165) is 49.7 Å². The van der Waals surface area contributed by atoms with E-state index in [-0.39, 0.29) is 98.0 Å². The van der Waals surface area contributed by atoms with Gasteiger partial charge in [0.15, 0.2) is 5.79 Å². The largest absolute Gasteiger partial charge is 0.459 e. The molecule has 0 aliphatic carbocycles. The molecule has 0 aromatic heterocycles. The van der Waals surface area contributed by atoms with E-state index in [1.807, 2.05) is 6.92 Å².